The van der Waals surface area contributed by atoms with Crippen LogP contribution in [0.15, 0.2) is 47.4 Å². The van der Waals surface area contributed by atoms with Gasteiger partial charge in [-0.1, -0.05) is 37.6 Å². The Labute approximate surface area is 182 Å². The number of benzene rings is 2. The molecule has 0 bridgehead atoms. The van der Waals surface area contributed by atoms with Crippen LogP contribution in [0, 0.1) is 0 Å². The predicted molar refractivity (Wildman–Crippen MR) is 121 cm³/mol. The van der Waals surface area contributed by atoms with Crippen molar-refractivity contribution in [2.75, 3.05) is 36.9 Å². The third-order valence-corrected chi connectivity index (χ3v) is 7.06. The first-order chi connectivity index (χ1) is 13.8. The number of halogens is 1. The first-order valence-electron chi connectivity index (χ1n) is 9.33. The second-order valence-electron chi connectivity index (χ2n) is 7.01. The Morgan fingerprint density at radius 1 is 1.10 bits per heavy atom. The molecule has 0 aliphatic carbocycles. The summed E-state index contributed by atoms with van der Waals surface area (Å²) in [7, 11) is -3.62. The molecular weight excluding hydrogens is 430 g/mol. The number of hydrogen-bond donors (Lipinski definition) is 2. The van der Waals surface area contributed by atoms with Gasteiger partial charge in [0.15, 0.2) is 5.11 Å². The van der Waals surface area contributed by atoms with Crippen LogP contribution in [0.25, 0.3) is 0 Å². The zero-order valence-corrected chi connectivity index (χ0v) is 18.7. The van der Waals surface area contributed by atoms with Gasteiger partial charge in [0.1, 0.15) is 0 Å². The lowest BCUT2D eigenvalue weighted by Crippen LogP contribution is -2.40. The summed E-state index contributed by atoms with van der Waals surface area (Å²) in [6.07, 6.45) is 0. The SMILES string of the molecule is CC(C)c1ccc(NC(=S)Nc2cc(S(=O)(=O)N3CCOCC3)ccc2Cl)cc1. The molecule has 3 rings (SSSR count). The summed E-state index contributed by atoms with van der Waals surface area (Å²) < 4.78 is 32.4. The minimum atomic E-state index is -3.62. The Morgan fingerprint density at radius 2 is 1.76 bits per heavy atom. The minimum absolute atomic E-state index is 0.162. The number of thiocarbonyl (C=S) groups is 1. The van der Waals surface area contributed by atoms with Gasteiger partial charge in [0.25, 0.3) is 0 Å². The molecule has 9 heteroatoms. The number of sulfonamides is 1. The van der Waals surface area contributed by atoms with E-state index in [4.69, 9.17) is 28.6 Å². The van der Waals surface area contributed by atoms with Crippen LogP contribution in [-0.4, -0.2) is 44.1 Å². The molecule has 1 fully saturated rings. The van der Waals surface area contributed by atoms with Crippen LogP contribution in [0.2, 0.25) is 5.02 Å². The van der Waals surface area contributed by atoms with Gasteiger partial charge in [0.05, 0.1) is 28.8 Å². The molecule has 1 saturated heterocycles. The first kappa shape index (κ1) is 22.0. The Bertz CT molecular complexity index is 973. The monoisotopic (exact) mass is 453 g/mol. The van der Waals surface area contributed by atoms with Crippen molar-refractivity contribution in [3.63, 3.8) is 0 Å². The Kier molecular flexibility index (Phi) is 7.13. The standard InChI is InChI=1S/C20H24ClN3O3S2/c1-14(2)15-3-5-16(6-4-15)22-20(28)23-19-13-17(7-8-18(19)21)29(25,26)24-9-11-27-12-10-24/h3-8,13-14H,9-12H2,1-2H3,(H2,22,23,28). The van der Waals surface area contributed by atoms with Crippen molar-refractivity contribution in [3.05, 3.63) is 53.1 Å². The third kappa shape index (κ3) is 5.46. The molecule has 2 aromatic carbocycles. The largest absolute Gasteiger partial charge is 0.379 e. The lowest BCUT2D eigenvalue weighted by atomic mass is 10.0. The van der Waals surface area contributed by atoms with Gasteiger partial charge >= 0.3 is 0 Å². The summed E-state index contributed by atoms with van der Waals surface area (Å²) in [6, 6.07) is 12.5. The summed E-state index contributed by atoms with van der Waals surface area (Å²) in [5.74, 6) is 0.448. The Morgan fingerprint density at radius 3 is 2.38 bits per heavy atom. The highest BCUT2D eigenvalue weighted by Crippen LogP contribution is 2.27. The Hall–Kier alpha value is -1.71. The molecule has 2 N–H and O–H groups in total. The highest BCUT2D eigenvalue weighted by Gasteiger charge is 2.27. The van der Waals surface area contributed by atoms with E-state index in [2.05, 4.69) is 24.5 Å². The van der Waals surface area contributed by atoms with Gasteiger partial charge in [-0.15, -0.1) is 0 Å². The molecule has 156 valence electrons. The van der Waals surface area contributed by atoms with Crippen LogP contribution in [0.1, 0.15) is 25.3 Å². The molecule has 6 nitrogen and oxygen atoms in total. The van der Waals surface area contributed by atoms with Crippen LogP contribution < -0.4 is 10.6 Å². The summed E-state index contributed by atoms with van der Waals surface area (Å²) >= 11 is 11.6. The molecule has 29 heavy (non-hydrogen) atoms. The lowest BCUT2D eigenvalue weighted by Gasteiger charge is -2.26. The molecule has 0 aromatic heterocycles. The van der Waals surface area contributed by atoms with Crippen molar-refractivity contribution < 1.29 is 13.2 Å². The van der Waals surface area contributed by atoms with Gasteiger partial charge in [-0.25, -0.2) is 8.42 Å². The molecule has 0 spiro atoms. The molecule has 1 heterocycles. The first-order valence-corrected chi connectivity index (χ1v) is 11.6. The third-order valence-electron chi connectivity index (χ3n) is 4.63. The van der Waals surface area contributed by atoms with E-state index >= 15 is 0 Å². The number of rotatable bonds is 5. The molecule has 0 saturated carbocycles. The number of nitrogens with zero attached hydrogens (tertiary/aromatic N) is 1. The van der Waals surface area contributed by atoms with E-state index in [1.165, 1.54) is 22.0 Å². The summed E-state index contributed by atoms with van der Waals surface area (Å²) in [5.41, 5.74) is 2.50. The van der Waals surface area contributed by atoms with E-state index in [1.54, 1.807) is 6.07 Å². The average molecular weight is 454 g/mol. The molecule has 1 aliphatic heterocycles. The van der Waals surface area contributed by atoms with E-state index in [-0.39, 0.29) is 4.90 Å². The highest BCUT2D eigenvalue weighted by molar-refractivity contribution is 7.89. The van der Waals surface area contributed by atoms with Crippen LogP contribution in [0.5, 0.6) is 0 Å². The molecule has 0 unspecified atom stereocenters. The van der Waals surface area contributed by atoms with E-state index in [9.17, 15) is 8.42 Å². The summed E-state index contributed by atoms with van der Waals surface area (Å²) in [4.78, 5) is 0.162. The van der Waals surface area contributed by atoms with Crippen molar-refractivity contribution in [1.29, 1.82) is 0 Å². The molecule has 0 atom stereocenters. The fourth-order valence-corrected chi connectivity index (χ4v) is 4.76. The van der Waals surface area contributed by atoms with E-state index in [1.807, 2.05) is 24.3 Å². The van der Waals surface area contributed by atoms with Crippen LogP contribution >= 0.6 is 23.8 Å². The van der Waals surface area contributed by atoms with Gasteiger partial charge in [-0.05, 0) is 54.0 Å². The summed E-state index contributed by atoms with van der Waals surface area (Å²) in [6.45, 7) is 5.71. The molecule has 1 aliphatic rings. The number of nitrogens with one attached hydrogen (secondary N) is 2. The lowest BCUT2D eigenvalue weighted by molar-refractivity contribution is 0.0730. The van der Waals surface area contributed by atoms with Gasteiger partial charge in [0.2, 0.25) is 10.0 Å². The van der Waals surface area contributed by atoms with Crippen molar-refractivity contribution in [3.8, 4) is 0 Å². The highest BCUT2D eigenvalue weighted by atomic mass is 35.5. The smallest absolute Gasteiger partial charge is 0.243 e. The molecule has 2 aromatic rings. The predicted octanol–water partition coefficient (Wildman–Crippen LogP) is 4.29. The molecular formula is C20H24ClN3O3S2. The Balaban J connectivity index is 1.73. The van der Waals surface area contributed by atoms with Crippen LogP contribution in [0.3, 0.4) is 0 Å². The number of morpholine rings is 1. The van der Waals surface area contributed by atoms with Crippen molar-refractivity contribution in [2.45, 2.75) is 24.7 Å². The van der Waals surface area contributed by atoms with Gasteiger partial charge in [-0.2, -0.15) is 4.31 Å². The van der Waals surface area contributed by atoms with Gasteiger partial charge in [0, 0.05) is 18.8 Å². The topological polar surface area (TPSA) is 70.7 Å². The minimum Gasteiger partial charge on any atom is -0.379 e. The maximum absolute atomic E-state index is 12.9. The maximum Gasteiger partial charge on any atom is 0.243 e. The van der Waals surface area contributed by atoms with Crippen molar-refractivity contribution in [1.82, 2.24) is 4.31 Å². The zero-order valence-electron chi connectivity index (χ0n) is 16.3. The van der Waals surface area contributed by atoms with E-state index < -0.39 is 10.0 Å². The molecule has 0 amide bonds. The maximum atomic E-state index is 12.9. The van der Waals surface area contributed by atoms with Gasteiger partial charge < -0.3 is 15.4 Å². The summed E-state index contributed by atoms with van der Waals surface area (Å²) in [5, 5.41) is 6.79. The number of hydrogen-bond acceptors (Lipinski definition) is 4. The second-order valence-corrected chi connectivity index (χ2v) is 9.77. The normalized spacial score (nSPS) is 15.3. The van der Waals surface area contributed by atoms with Crippen molar-refractivity contribution in [2.24, 2.45) is 0 Å². The number of anilines is 2. The number of ether oxygens (including phenoxy) is 1. The van der Waals surface area contributed by atoms with Crippen molar-refractivity contribution >= 4 is 50.3 Å². The van der Waals surface area contributed by atoms with Gasteiger partial charge in [-0.3, -0.25) is 0 Å². The van der Waals surface area contributed by atoms with E-state index in [0.717, 1.165) is 5.69 Å². The zero-order chi connectivity index (χ0) is 21.0. The quantitative estimate of drug-likeness (QED) is 0.658. The molecule has 0 radical (unpaired) electrons. The van der Waals surface area contributed by atoms with Crippen LogP contribution in [0.4, 0.5) is 11.4 Å². The second kappa shape index (κ2) is 9.40. The fraction of sp³-hybridized carbons (Fsp3) is 0.350. The van der Waals surface area contributed by atoms with E-state index in [0.29, 0.717) is 48.0 Å². The van der Waals surface area contributed by atoms with Crippen LogP contribution in [-0.2, 0) is 14.8 Å². The average Bonchev–Trinajstić information content (AvgIpc) is 2.70. The fourth-order valence-electron chi connectivity index (χ4n) is 2.93.